The number of halogens is 4. The highest BCUT2D eigenvalue weighted by Gasteiger charge is 2.22. The quantitative estimate of drug-likeness (QED) is 0.609. The molecule has 0 fully saturated rings. The van der Waals surface area contributed by atoms with E-state index >= 15 is 0 Å². The summed E-state index contributed by atoms with van der Waals surface area (Å²) >= 11 is 12.9. The van der Waals surface area contributed by atoms with Crippen molar-refractivity contribution >= 4 is 40.4 Å². The molecule has 1 amide bonds. The van der Waals surface area contributed by atoms with Crippen molar-refractivity contribution in [3.63, 3.8) is 0 Å². The number of benzene rings is 1. The molecule has 3 nitrogen and oxygen atoms in total. The minimum Gasteiger partial charge on any atom is -0.340 e. The van der Waals surface area contributed by atoms with Crippen molar-refractivity contribution in [2.45, 2.75) is 6.04 Å². The van der Waals surface area contributed by atoms with Gasteiger partial charge in [-0.15, -0.1) is 11.3 Å². The SMILES string of the molecule is O=C(NC(c1ccc(F)cc1)c1cccs1)c1cc(F)c(Cl)nc1Cl. The van der Waals surface area contributed by atoms with Gasteiger partial charge in [0, 0.05) is 4.88 Å². The average Bonchev–Trinajstić information content (AvgIpc) is 3.11. The molecule has 1 atom stereocenters. The Labute approximate surface area is 156 Å². The molecule has 0 bridgehead atoms. The van der Waals surface area contributed by atoms with Crippen LogP contribution in [-0.4, -0.2) is 10.9 Å². The number of nitrogens with one attached hydrogen (secondary N) is 1. The Morgan fingerprint density at radius 3 is 2.48 bits per heavy atom. The molecule has 0 radical (unpaired) electrons. The van der Waals surface area contributed by atoms with Gasteiger partial charge in [-0.1, -0.05) is 41.4 Å². The summed E-state index contributed by atoms with van der Waals surface area (Å²) in [6.07, 6.45) is 0. The summed E-state index contributed by atoms with van der Waals surface area (Å²) in [4.78, 5) is 17.0. The maximum Gasteiger partial charge on any atom is 0.255 e. The second-order valence-electron chi connectivity index (χ2n) is 5.07. The van der Waals surface area contributed by atoms with E-state index in [2.05, 4.69) is 10.3 Å². The second-order valence-corrected chi connectivity index (χ2v) is 6.77. The summed E-state index contributed by atoms with van der Waals surface area (Å²) in [7, 11) is 0. The third-order valence-electron chi connectivity index (χ3n) is 3.44. The number of rotatable bonds is 4. The number of hydrogen-bond donors (Lipinski definition) is 1. The summed E-state index contributed by atoms with van der Waals surface area (Å²) in [5.41, 5.74) is 0.544. The normalized spacial score (nSPS) is 12.0. The fraction of sp³-hybridized carbons (Fsp3) is 0.0588. The Hall–Kier alpha value is -2.02. The highest BCUT2D eigenvalue weighted by atomic mass is 35.5. The number of carbonyl (C=O) groups is 1. The van der Waals surface area contributed by atoms with Crippen LogP contribution in [-0.2, 0) is 0 Å². The summed E-state index contributed by atoms with van der Waals surface area (Å²) in [6.45, 7) is 0. The Bertz CT molecular complexity index is 902. The number of nitrogens with zero attached hydrogens (tertiary/aromatic N) is 1. The van der Waals surface area contributed by atoms with Gasteiger partial charge in [-0.05, 0) is 35.2 Å². The standard InChI is InChI=1S/C17H10Cl2F2N2OS/c18-15-11(8-12(21)16(19)23-15)17(24)22-14(13-2-1-7-25-13)9-3-5-10(20)6-4-9/h1-8,14H,(H,22,24). The fourth-order valence-electron chi connectivity index (χ4n) is 2.24. The van der Waals surface area contributed by atoms with Crippen molar-refractivity contribution < 1.29 is 13.6 Å². The molecule has 3 aromatic rings. The van der Waals surface area contributed by atoms with Gasteiger partial charge in [0.05, 0.1) is 11.6 Å². The number of carbonyl (C=O) groups excluding carboxylic acids is 1. The van der Waals surface area contributed by atoms with Gasteiger partial charge >= 0.3 is 0 Å². The first-order valence-electron chi connectivity index (χ1n) is 7.07. The first kappa shape index (κ1) is 17.8. The Balaban J connectivity index is 1.94. The van der Waals surface area contributed by atoms with Gasteiger partial charge in [0.15, 0.2) is 11.0 Å². The van der Waals surface area contributed by atoms with Gasteiger partial charge in [-0.2, -0.15) is 0 Å². The number of hydrogen-bond acceptors (Lipinski definition) is 3. The van der Waals surface area contributed by atoms with Gasteiger partial charge in [-0.25, -0.2) is 13.8 Å². The van der Waals surface area contributed by atoms with Crippen molar-refractivity contribution in [2.75, 3.05) is 0 Å². The van der Waals surface area contributed by atoms with Crippen molar-refractivity contribution in [1.29, 1.82) is 0 Å². The number of pyridine rings is 1. The smallest absolute Gasteiger partial charge is 0.255 e. The Morgan fingerprint density at radius 2 is 1.84 bits per heavy atom. The predicted molar refractivity (Wildman–Crippen MR) is 94.2 cm³/mol. The van der Waals surface area contributed by atoms with Crippen LogP contribution in [0.25, 0.3) is 0 Å². The van der Waals surface area contributed by atoms with Crippen LogP contribution >= 0.6 is 34.5 Å². The zero-order chi connectivity index (χ0) is 18.0. The lowest BCUT2D eigenvalue weighted by molar-refractivity contribution is 0.0943. The topological polar surface area (TPSA) is 42.0 Å². The predicted octanol–water partition coefficient (Wildman–Crippen LogP) is 5.25. The third kappa shape index (κ3) is 3.98. The average molecular weight is 399 g/mol. The maximum atomic E-state index is 13.6. The lowest BCUT2D eigenvalue weighted by Gasteiger charge is -2.18. The summed E-state index contributed by atoms with van der Waals surface area (Å²) < 4.78 is 26.8. The molecule has 25 heavy (non-hydrogen) atoms. The van der Waals surface area contributed by atoms with Crippen molar-refractivity contribution in [1.82, 2.24) is 10.3 Å². The molecule has 3 rings (SSSR count). The molecule has 1 aromatic carbocycles. The van der Waals surface area contributed by atoms with Gasteiger partial charge in [0.1, 0.15) is 11.0 Å². The van der Waals surface area contributed by atoms with E-state index < -0.39 is 22.9 Å². The van der Waals surface area contributed by atoms with Gasteiger partial charge in [0.2, 0.25) is 0 Å². The van der Waals surface area contributed by atoms with Gasteiger partial charge in [-0.3, -0.25) is 4.79 Å². The monoisotopic (exact) mass is 398 g/mol. The van der Waals surface area contributed by atoms with E-state index in [9.17, 15) is 13.6 Å². The molecule has 0 aliphatic carbocycles. The molecule has 0 saturated carbocycles. The summed E-state index contributed by atoms with van der Waals surface area (Å²) in [5, 5.41) is 4.02. The third-order valence-corrected chi connectivity index (χ3v) is 4.93. The molecular formula is C17H10Cl2F2N2OS. The zero-order valence-corrected chi connectivity index (χ0v) is 14.8. The van der Waals surface area contributed by atoms with Crippen molar-refractivity contribution in [3.05, 3.63) is 85.8 Å². The van der Waals surface area contributed by atoms with E-state index in [1.54, 1.807) is 12.1 Å². The van der Waals surface area contributed by atoms with Crippen LogP contribution in [0.2, 0.25) is 10.3 Å². The molecule has 0 aliphatic heterocycles. The van der Waals surface area contributed by atoms with E-state index in [4.69, 9.17) is 23.2 Å². The molecule has 128 valence electrons. The fourth-order valence-corrected chi connectivity index (χ4v) is 3.45. The van der Waals surface area contributed by atoms with Gasteiger partial charge in [0.25, 0.3) is 5.91 Å². The molecule has 0 saturated heterocycles. The van der Waals surface area contributed by atoms with Crippen LogP contribution in [0.1, 0.15) is 26.8 Å². The van der Waals surface area contributed by atoms with Crippen LogP contribution in [0.15, 0.2) is 47.8 Å². The first-order valence-corrected chi connectivity index (χ1v) is 8.70. The zero-order valence-electron chi connectivity index (χ0n) is 12.5. The van der Waals surface area contributed by atoms with Crippen molar-refractivity contribution in [2.24, 2.45) is 0 Å². The Morgan fingerprint density at radius 1 is 1.12 bits per heavy atom. The number of thiophene rings is 1. The maximum absolute atomic E-state index is 13.6. The van der Waals surface area contributed by atoms with Crippen LogP contribution in [0.5, 0.6) is 0 Å². The molecule has 8 heteroatoms. The molecule has 1 unspecified atom stereocenters. The lowest BCUT2D eigenvalue weighted by Crippen LogP contribution is -2.29. The minimum absolute atomic E-state index is 0.132. The molecule has 1 N–H and O–H groups in total. The minimum atomic E-state index is -0.842. The molecule has 0 aliphatic rings. The number of amides is 1. The molecule has 0 spiro atoms. The van der Waals surface area contributed by atoms with E-state index in [1.807, 2.05) is 17.5 Å². The van der Waals surface area contributed by atoms with Crippen LogP contribution in [0.3, 0.4) is 0 Å². The van der Waals surface area contributed by atoms with Crippen LogP contribution in [0.4, 0.5) is 8.78 Å². The lowest BCUT2D eigenvalue weighted by atomic mass is 10.0. The van der Waals surface area contributed by atoms with Crippen LogP contribution in [0, 0.1) is 11.6 Å². The summed E-state index contributed by atoms with van der Waals surface area (Å²) in [5.74, 6) is -1.84. The van der Waals surface area contributed by atoms with E-state index in [-0.39, 0.29) is 16.5 Å². The van der Waals surface area contributed by atoms with Gasteiger partial charge < -0.3 is 5.32 Å². The molecule has 2 aromatic heterocycles. The van der Waals surface area contributed by atoms with E-state index in [1.165, 1.54) is 23.5 Å². The van der Waals surface area contributed by atoms with E-state index in [0.29, 0.717) is 5.56 Å². The van der Waals surface area contributed by atoms with E-state index in [0.717, 1.165) is 10.9 Å². The first-order chi connectivity index (χ1) is 12.0. The molecule has 2 heterocycles. The largest absolute Gasteiger partial charge is 0.340 e. The van der Waals surface area contributed by atoms with Crippen LogP contribution < -0.4 is 5.32 Å². The number of aromatic nitrogens is 1. The molecular weight excluding hydrogens is 389 g/mol. The van der Waals surface area contributed by atoms with Crippen molar-refractivity contribution in [3.8, 4) is 0 Å². The Kier molecular flexibility index (Phi) is 5.32. The highest BCUT2D eigenvalue weighted by molar-refractivity contribution is 7.10. The second kappa shape index (κ2) is 7.47. The summed E-state index contributed by atoms with van der Waals surface area (Å²) in [6, 6.07) is 9.81. The highest BCUT2D eigenvalue weighted by Crippen LogP contribution is 2.28.